The molecule has 0 saturated heterocycles. The first kappa shape index (κ1) is 10.3. The Kier molecular flexibility index (Phi) is 3.68. The summed E-state index contributed by atoms with van der Waals surface area (Å²) in [6.07, 6.45) is 4.39. The van der Waals surface area contributed by atoms with Gasteiger partial charge in [0, 0.05) is 6.08 Å². The Morgan fingerprint density at radius 1 is 1.36 bits per heavy atom. The Morgan fingerprint density at radius 2 is 2.00 bits per heavy atom. The van der Waals surface area contributed by atoms with Crippen molar-refractivity contribution in [3.05, 3.63) is 54.6 Å². The highest BCUT2D eigenvalue weighted by molar-refractivity contribution is 5.84. The van der Waals surface area contributed by atoms with Crippen LogP contribution in [0.2, 0.25) is 0 Å². The normalized spacial score (nSPS) is 10.1. The standard InChI is InChI=1S/C12H12O2/c1-3-4-5-12(13)14-11-8-6-10(2)7-9-11/h3-9H,1H2,2H3. The van der Waals surface area contributed by atoms with Crippen LogP contribution in [0.1, 0.15) is 5.56 Å². The topological polar surface area (TPSA) is 26.3 Å². The lowest BCUT2D eigenvalue weighted by atomic mass is 10.2. The zero-order valence-corrected chi connectivity index (χ0v) is 8.07. The number of hydrogen-bond acceptors (Lipinski definition) is 2. The molecule has 0 heterocycles. The summed E-state index contributed by atoms with van der Waals surface area (Å²) in [6.45, 7) is 5.43. The Balaban J connectivity index is 2.60. The molecule has 72 valence electrons. The smallest absolute Gasteiger partial charge is 0.336 e. The highest BCUT2D eigenvalue weighted by Crippen LogP contribution is 2.11. The third-order valence-corrected chi connectivity index (χ3v) is 1.61. The lowest BCUT2D eigenvalue weighted by Crippen LogP contribution is -2.03. The molecule has 2 nitrogen and oxygen atoms in total. The molecule has 2 heteroatoms. The van der Waals surface area contributed by atoms with Crippen LogP contribution < -0.4 is 4.74 Å². The van der Waals surface area contributed by atoms with Gasteiger partial charge >= 0.3 is 5.97 Å². The van der Waals surface area contributed by atoms with E-state index in [0.717, 1.165) is 5.56 Å². The van der Waals surface area contributed by atoms with Crippen LogP contribution in [0.3, 0.4) is 0 Å². The molecule has 1 rings (SSSR count). The minimum atomic E-state index is -0.395. The summed E-state index contributed by atoms with van der Waals surface area (Å²) in [7, 11) is 0. The summed E-state index contributed by atoms with van der Waals surface area (Å²) in [5, 5.41) is 0. The number of rotatable bonds is 3. The van der Waals surface area contributed by atoms with Crippen LogP contribution in [0.5, 0.6) is 5.75 Å². The molecule has 0 spiro atoms. The Morgan fingerprint density at radius 3 is 2.57 bits per heavy atom. The summed E-state index contributed by atoms with van der Waals surface area (Å²) in [5.41, 5.74) is 1.13. The van der Waals surface area contributed by atoms with Gasteiger partial charge in [0.05, 0.1) is 0 Å². The van der Waals surface area contributed by atoms with Crippen LogP contribution >= 0.6 is 0 Å². The number of carbonyl (C=O) groups is 1. The second-order valence-electron chi connectivity index (χ2n) is 2.83. The van der Waals surface area contributed by atoms with Crippen molar-refractivity contribution >= 4 is 5.97 Å². The second kappa shape index (κ2) is 5.02. The molecule has 0 aliphatic heterocycles. The average molecular weight is 188 g/mol. The number of benzene rings is 1. The summed E-state index contributed by atoms with van der Waals surface area (Å²) >= 11 is 0. The van der Waals surface area contributed by atoms with Gasteiger partial charge in [-0.1, -0.05) is 36.4 Å². The summed E-state index contributed by atoms with van der Waals surface area (Å²) in [5.74, 6) is 0.156. The number of allylic oxidation sites excluding steroid dienone is 2. The molecule has 0 bridgehead atoms. The third kappa shape index (κ3) is 3.27. The average Bonchev–Trinajstić information content (AvgIpc) is 2.18. The van der Waals surface area contributed by atoms with Gasteiger partial charge in [-0.2, -0.15) is 0 Å². The first-order valence-corrected chi connectivity index (χ1v) is 4.30. The van der Waals surface area contributed by atoms with Crippen LogP contribution in [0.15, 0.2) is 49.1 Å². The fraction of sp³-hybridized carbons (Fsp3) is 0.0833. The molecule has 0 aliphatic carbocycles. The second-order valence-corrected chi connectivity index (χ2v) is 2.83. The van der Waals surface area contributed by atoms with Gasteiger partial charge in [0.25, 0.3) is 0 Å². The monoisotopic (exact) mass is 188 g/mol. The van der Waals surface area contributed by atoms with E-state index in [-0.39, 0.29) is 0 Å². The summed E-state index contributed by atoms with van der Waals surface area (Å²) in [6, 6.07) is 7.30. The van der Waals surface area contributed by atoms with E-state index in [1.807, 2.05) is 19.1 Å². The highest BCUT2D eigenvalue weighted by atomic mass is 16.5. The maximum Gasteiger partial charge on any atom is 0.336 e. The van der Waals surface area contributed by atoms with Crippen molar-refractivity contribution in [2.75, 3.05) is 0 Å². The van der Waals surface area contributed by atoms with Crippen LogP contribution in [0.25, 0.3) is 0 Å². The van der Waals surface area contributed by atoms with E-state index in [1.54, 1.807) is 12.1 Å². The van der Waals surface area contributed by atoms with Crippen molar-refractivity contribution < 1.29 is 9.53 Å². The molecule has 0 aromatic heterocycles. The predicted molar refractivity (Wildman–Crippen MR) is 56.2 cm³/mol. The van der Waals surface area contributed by atoms with Crippen molar-refractivity contribution in [2.45, 2.75) is 6.92 Å². The SMILES string of the molecule is C=CC=CC(=O)Oc1ccc(C)cc1. The van der Waals surface area contributed by atoms with E-state index in [2.05, 4.69) is 6.58 Å². The maximum atomic E-state index is 11.1. The number of ether oxygens (including phenoxy) is 1. The number of aryl methyl sites for hydroxylation is 1. The number of esters is 1. The molecule has 0 N–H and O–H groups in total. The maximum absolute atomic E-state index is 11.1. The van der Waals surface area contributed by atoms with Crippen LogP contribution in [0, 0.1) is 6.92 Å². The molecular weight excluding hydrogens is 176 g/mol. The Bertz CT molecular complexity index is 347. The minimum Gasteiger partial charge on any atom is -0.423 e. The van der Waals surface area contributed by atoms with E-state index < -0.39 is 5.97 Å². The molecule has 0 aliphatic rings. The van der Waals surface area contributed by atoms with Gasteiger partial charge in [0.1, 0.15) is 5.75 Å². The van der Waals surface area contributed by atoms with Crippen LogP contribution in [-0.2, 0) is 4.79 Å². The van der Waals surface area contributed by atoms with Gasteiger partial charge in [-0.05, 0) is 19.1 Å². The first-order valence-electron chi connectivity index (χ1n) is 4.30. The molecule has 0 saturated carbocycles. The summed E-state index contributed by atoms with van der Waals surface area (Å²) in [4.78, 5) is 11.1. The van der Waals surface area contributed by atoms with Gasteiger partial charge in [-0.3, -0.25) is 0 Å². The van der Waals surface area contributed by atoms with E-state index in [0.29, 0.717) is 5.75 Å². The summed E-state index contributed by atoms with van der Waals surface area (Å²) < 4.78 is 5.00. The Labute approximate surface area is 83.5 Å². The fourth-order valence-corrected chi connectivity index (χ4v) is 0.903. The van der Waals surface area contributed by atoms with Gasteiger partial charge in [-0.15, -0.1) is 0 Å². The molecule has 14 heavy (non-hydrogen) atoms. The van der Waals surface area contributed by atoms with Crippen molar-refractivity contribution in [1.29, 1.82) is 0 Å². The molecule has 0 amide bonds. The molecule has 1 aromatic rings. The van der Waals surface area contributed by atoms with E-state index in [1.165, 1.54) is 18.2 Å². The third-order valence-electron chi connectivity index (χ3n) is 1.61. The largest absolute Gasteiger partial charge is 0.423 e. The first-order chi connectivity index (χ1) is 6.72. The van der Waals surface area contributed by atoms with Crippen molar-refractivity contribution in [3.63, 3.8) is 0 Å². The molecule has 0 unspecified atom stereocenters. The number of hydrogen-bond donors (Lipinski definition) is 0. The minimum absolute atomic E-state index is 0.395. The quantitative estimate of drug-likeness (QED) is 0.315. The Hall–Kier alpha value is -1.83. The van der Waals surface area contributed by atoms with Crippen molar-refractivity contribution in [1.82, 2.24) is 0 Å². The number of carbonyl (C=O) groups excluding carboxylic acids is 1. The van der Waals surface area contributed by atoms with Gasteiger partial charge in [-0.25, -0.2) is 4.79 Å². The molecule has 0 atom stereocenters. The highest BCUT2D eigenvalue weighted by Gasteiger charge is 1.98. The van der Waals surface area contributed by atoms with Gasteiger partial charge in [0.15, 0.2) is 0 Å². The van der Waals surface area contributed by atoms with Crippen LogP contribution in [-0.4, -0.2) is 5.97 Å². The fourth-order valence-electron chi connectivity index (χ4n) is 0.903. The zero-order valence-electron chi connectivity index (χ0n) is 8.07. The van der Waals surface area contributed by atoms with Crippen molar-refractivity contribution in [3.8, 4) is 5.75 Å². The van der Waals surface area contributed by atoms with E-state index >= 15 is 0 Å². The van der Waals surface area contributed by atoms with Crippen LogP contribution in [0.4, 0.5) is 0 Å². The van der Waals surface area contributed by atoms with Crippen molar-refractivity contribution in [2.24, 2.45) is 0 Å². The molecular formula is C12H12O2. The van der Waals surface area contributed by atoms with E-state index in [9.17, 15) is 4.79 Å². The molecule has 1 aromatic carbocycles. The van der Waals surface area contributed by atoms with Gasteiger partial charge < -0.3 is 4.74 Å². The van der Waals surface area contributed by atoms with Gasteiger partial charge in [0.2, 0.25) is 0 Å². The predicted octanol–water partition coefficient (Wildman–Crippen LogP) is 2.64. The lowest BCUT2D eigenvalue weighted by Gasteiger charge is -2.00. The van der Waals surface area contributed by atoms with E-state index in [4.69, 9.17) is 4.74 Å². The lowest BCUT2D eigenvalue weighted by molar-refractivity contribution is -0.128. The molecule has 0 fully saturated rings. The molecule has 0 radical (unpaired) electrons. The zero-order chi connectivity index (χ0) is 10.4.